The van der Waals surface area contributed by atoms with Gasteiger partial charge in [-0.05, 0) is 72.1 Å². The number of aryl methyl sites for hydroxylation is 1. The van der Waals surface area contributed by atoms with Gasteiger partial charge >= 0.3 is 5.69 Å². The number of carbonyl (C=O) groups is 1. The lowest BCUT2D eigenvalue weighted by Crippen LogP contribution is -2.39. The average Bonchev–Trinajstić information content (AvgIpc) is 3.56. The number of Topliss-reactive ketones (excluding diaryl/α,β-unsaturated/α-hetero) is 1. The number of methoxy groups -OCH3 is 2. The zero-order chi connectivity index (χ0) is 35.3. The molecular formula is C39H38N2O9. The van der Waals surface area contributed by atoms with Crippen LogP contribution in [0.3, 0.4) is 0 Å². The first-order valence-electron chi connectivity index (χ1n) is 16.1. The van der Waals surface area contributed by atoms with Crippen molar-refractivity contribution < 1.29 is 33.6 Å². The molecule has 1 aliphatic rings. The van der Waals surface area contributed by atoms with Crippen molar-refractivity contribution in [1.29, 1.82) is 0 Å². The predicted octanol–water partition coefficient (Wildman–Crippen LogP) is 5.13. The van der Waals surface area contributed by atoms with Crippen molar-refractivity contribution >= 4 is 5.78 Å². The van der Waals surface area contributed by atoms with E-state index in [2.05, 4.69) is 4.98 Å². The quantitative estimate of drug-likeness (QED) is 0.128. The van der Waals surface area contributed by atoms with Crippen LogP contribution in [0.5, 0.6) is 17.2 Å². The summed E-state index contributed by atoms with van der Waals surface area (Å²) in [4.78, 5) is 40.5. The molecule has 0 unspecified atom stereocenters. The molecule has 1 aromatic heterocycles. The Hall–Kier alpha value is -5.49. The van der Waals surface area contributed by atoms with Gasteiger partial charge in [0, 0.05) is 23.7 Å². The van der Waals surface area contributed by atoms with Crippen molar-refractivity contribution in [2.24, 2.45) is 0 Å². The molecule has 5 aromatic rings. The molecule has 0 amide bonds. The van der Waals surface area contributed by atoms with Crippen molar-refractivity contribution in [3.63, 3.8) is 0 Å². The monoisotopic (exact) mass is 678 g/mol. The Morgan fingerprint density at radius 1 is 0.860 bits per heavy atom. The van der Waals surface area contributed by atoms with E-state index in [0.29, 0.717) is 22.6 Å². The molecule has 11 nitrogen and oxygen atoms in total. The topological polar surface area (TPSA) is 138 Å². The lowest BCUT2D eigenvalue weighted by molar-refractivity contribution is -0.102. The number of aromatic hydroxyl groups is 1. The number of rotatable bonds is 13. The summed E-state index contributed by atoms with van der Waals surface area (Å²) >= 11 is 0. The van der Waals surface area contributed by atoms with Gasteiger partial charge in [0.1, 0.15) is 41.8 Å². The van der Waals surface area contributed by atoms with Gasteiger partial charge in [0.05, 0.1) is 26.9 Å². The number of aromatic amines is 1. The first kappa shape index (κ1) is 34.4. The highest BCUT2D eigenvalue weighted by Crippen LogP contribution is 2.43. The molecule has 0 saturated carbocycles. The lowest BCUT2D eigenvalue weighted by Gasteiger charge is -2.37. The summed E-state index contributed by atoms with van der Waals surface area (Å²) in [7, 11) is 3.21. The Morgan fingerprint density at radius 3 is 2.02 bits per heavy atom. The first-order chi connectivity index (χ1) is 24.2. The number of ketones is 1. The molecule has 0 bridgehead atoms. The lowest BCUT2D eigenvalue weighted by atomic mass is 9.80. The molecule has 1 aliphatic heterocycles. The van der Waals surface area contributed by atoms with Crippen LogP contribution in [0, 0.1) is 6.92 Å². The van der Waals surface area contributed by atoms with Gasteiger partial charge in [0.2, 0.25) is 0 Å². The van der Waals surface area contributed by atoms with E-state index >= 15 is 0 Å². The van der Waals surface area contributed by atoms with Gasteiger partial charge in [-0.25, -0.2) is 4.79 Å². The predicted molar refractivity (Wildman–Crippen MR) is 185 cm³/mol. The molecule has 50 heavy (non-hydrogen) atoms. The van der Waals surface area contributed by atoms with Crippen LogP contribution >= 0.6 is 0 Å². The zero-order valence-electron chi connectivity index (χ0n) is 27.9. The van der Waals surface area contributed by atoms with Gasteiger partial charge in [-0.3, -0.25) is 19.1 Å². The molecule has 2 heterocycles. The van der Waals surface area contributed by atoms with Crippen LogP contribution in [-0.4, -0.2) is 60.1 Å². The number of aromatic nitrogens is 2. The summed E-state index contributed by atoms with van der Waals surface area (Å²) in [6.45, 7) is 1.31. The molecule has 2 N–H and O–H groups in total. The van der Waals surface area contributed by atoms with Gasteiger partial charge in [0.25, 0.3) is 5.56 Å². The minimum atomic E-state index is -1.15. The summed E-state index contributed by atoms with van der Waals surface area (Å²) in [5.41, 5.74) is 0.935. The smallest absolute Gasteiger partial charge is 0.330 e. The van der Waals surface area contributed by atoms with Crippen LogP contribution in [0.1, 0.15) is 45.3 Å². The number of phenols is 1. The number of hydrogen-bond donors (Lipinski definition) is 2. The van der Waals surface area contributed by atoms with Crippen LogP contribution in [0.4, 0.5) is 0 Å². The maximum Gasteiger partial charge on any atom is 0.330 e. The number of ether oxygens (including phenoxy) is 5. The maximum absolute atomic E-state index is 13.1. The largest absolute Gasteiger partial charge is 0.508 e. The van der Waals surface area contributed by atoms with Gasteiger partial charge in [-0.15, -0.1) is 0 Å². The summed E-state index contributed by atoms with van der Waals surface area (Å²) < 4.78 is 32.0. The van der Waals surface area contributed by atoms with E-state index in [-0.39, 0.29) is 31.2 Å². The fourth-order valence-electron chi connectivity index (χ4n) is 6.19. The fraction of sp³-hybridized carbons (Fsp3) is 0.256. The second kappa shape index (κ2) is 15.0. The number of nitrogens with zero attached hydrogens (tertiary/aromatic N) is 1. The average molecular weight is 679 g/mol. The van der Waals surface area contributed by atoms with Gasteiger partial charge in [-0.2, -0.15) is 0 Å². The number of hydrogen-bond acceptors (Lipinski definition) is 9. The SMILES string of the molecule is COc1ccc(C(OC[C@H]2O[C@@H](n3cc(C)c(=O)[nH]c3=O)C[C@@H]2OCC(=O)c2ccc(O)cc2)(c2ccccc2)c2ccc(OC)cc2)cc1. The molecule has 4 aromatic carbocycles. The number of nitrogens with one attached hydrogen (secondary N) is 1. The number of benzene rings is 4. The second-order valence-corrected chi connectivity index (χ2v) is 12.0. The Balaban J connectivity index is 1.38. The van der Waals surface area contributed by atoms with Crippen molar-refractivity contribution in [2.45, 2.75) is 37.4 Å². The zero-order valence-corrected chi connectivity index (χ0v) is 27.9. The van der Waals surface area contributed by atoms with E-state index in [1.165, 1.54) is 35.0 Å². The van der Waals surface area contributed by atoms with Gasteiger partial charge in [0.15, 0.2) is 5.78 Å². The van der Waals surface area contributed by atoms with Crippen LogP contribution in [0.15, 0.2) is 119 Å². The van der Waals surface area contributed by atoms with E-state index in [4.69, 9.17) is 23.7 Å². The molecule has 0 radical (unpaired) electrons. The standard InChI is InChI=1S/C39H38N2O9/c1-25-22-41(38(45)40-37(25)44)36-21-34(48-23-33(43)26-9-15-30(42)16-10-26)35(50-36)24-49-39(27-7-5-4-6-8-27,28-11-17-31(46-2)18-12-28)29-13-19-32(47-3)20-14-29/h4-20,22,34-36,42H,21,23-24H2,1-3H3,(H,40,44,45)/t34-,35+,36+/m0/s1. The summed E-state index contributed by atoms with van der Waals surface area (Å²) in [5, 5.41) is 9.66. The van der Waals surface area contributed by atoms with Crippen molar-refractivity contribution in [1.82, 2.24) is 9.55 Å². The Morgan fingerprint density at radius 2 is 1.44 bits per heavy atom. The first-order valence-corrected chi connectivity index (χ1v) is 16.1. The molecule has 3 atom stereocenters. The van der Waals surface area contributed by atoms with E-state index in [1.807, 2.05) is 78.9 Å². The van der Waals surface area contributed by atoms with Crippen LogP contribution < -0.4 is 20.7 Å². The third-order valence-corrected chi connectivity index (χ3v) is 8.89. The number of carbonyl (C=O) groups excluding carboxylic acids is 1. The molecule has 0 aliphatic carbocycles. The van der Waals surface area contributed by atoms with Crippen LogP contribution in [0.2, 0.25) is 0 Å². The maximum atomic E-state index is 13.1. The molecule has 1 saturated heterocycles. The molecule has 258 valence electrons. The highest BCUT2D eigenvalue weighted by molar-refractivity contribution is 5.97. The molecule has 6 rings (SSSR count). The third kappa shape index (κ3) is 7.11. The highest BCUT2D eigenvalue weighted by atomic mass is 16.6. The molecular weight excluding hydrogens is 640 g/mol. The van der Waals surface area contributed by atoms with Crippen LogP contribution in [-0.2, 0) is 19.8 Å². The molecule has 1 fully saturated rings. The summed E-state index contributed by atoms with van der Waals surface area (Å²) in [6, 6.07) is 31.0. The number of phenolic OH excluding ortho intramolecular Hbond substituents is 1. The van der Waals surface area contributed by atoms with Gasteiger partial charge in [-0.1, -0.05) is 54.6 Å². The molecule has 11 heteroatoms. The van der Waals surface area contributed by atoms with E-state index in [1.54, 1.807) is 21.1 Å². The minimum absolute atomic E-state index is 0.0153. The number of H-pyrrole nitrogens is 1. The van der Waals surface area contributed by atoms with Crippen LogP contribution in [0.25, 0.3) is 0 Å². The Labute approximate surface area is 288 Å². The minimum Gasteiger partial charge on any atom is -0.508 e. The Kier molecular flexibility index (Phi) is 10.3. The van der Waals surface area contributed by atoms with Crippen molar-refractivity contribution in [2.75, 3.05) is 27.4 Å². The third-order valence-electron chi connectivity index (χ3n) is 8.89. The van der Waals surface area contributed by atoms with Crippen molar-refractivity contribution in [3.8, 4) is 17.2 Å². The van der Waals surface area contributed by atoms with Gasteiger partial charge < -0.3 is 28.8 Å². The highest BCUT2D eigenvalue weighted by Gasteiger charge is 2.43. The normalized spacial score (nSPS) is 17.4. The molecule has 0 spiro atoms. The summed E-state index contributed by atoms with van der Waals surface area (Å²) in [5.74, 6) is 1.12. The fourth-order valence-corrected chi connectivity index (χ4v) is 6.19. The van der Waals surface area contributed by atoms with Crippen molar-refractivity contribution in [3.05, 3.63) is 158 Å². The van der Waals surface area contributed by atoms with E-state index in [0.717, 1.165) is 16.7 Å². The summed E-state index contributed by atoms with van der Waals surface area (Å²) in [6.07, 6.45) is -0.581. The second-order valence-electron chi connectivity index (χ2n) is 12.0. The van der Waals surface area contributed by atoms with E-state index in [9.17, 15) is 19.5 Å². The van der Waals surface area contributed by atoms with E-state index < -0.39 is 35.3 Å². The Bertz CT molecular complexity index is 1980.